The largest absolute Gasteiger partial charge is 0.299 e. The van der Waals surface area contributed by atoms with Gasteiger partial charge in [-0.05, 0) is 24.1 Å². The minimum absolute atomic E-state index is 0.0397. The lowest BCUT2D eigenvalue weighted by molar-refractivity contribution is -0.125. The summed E-state index contributed by atoms with van der Waals surface area (Å²) in [5.74, 6) is -2.23. The van der Waals surface area contributed by atoms with E-state index in [1.165, 1.54) is 0 Å². The summed E-state index contributed by atoms with van der Waals surface area (Å²) in [6.07, 6.45) is 1.17. The van der Waals surface area contributed by atoms with Gasteiger partial charge < -0.3 is 0 Å². The summed E-state index contributed by atoms with van der Waals surface area (Å²) in [5.41, 5.74) is 0.404. The molecule has 1 unspecified atom stereocenters. The molecule has 0 N–H and O–H groups in total. The fourth-order valence-electron chi connectivity index (χ4n) is 1.54. The molecule has 1 aliphatic rings. The monoisotopic (exact) mass is 216 g/mol. The van der Waals surface area contributed by atoms with Crippen LogP contribution in [0.4, 0.5) is 8.78 Å². The summed E-state index contributed by atoms with van der Waals surface area (Å²) in [4.78, 5) is 11.1. The first-order valence-electron chi connectivity index (χ1n) is 4.26. The molecule has 1 aromatic carbocycles. The molecule has 0 amide bonds. The van der Waals surface area contributed by atoms with Crippen molar-refractivity contribution < 1.29 is 13.6 Å². The average Bonchev–Trinajstić information content (AvgIpc) is 2.12. The van der Waals surface area contributed by atoms with Crippen molar-refractivity contribution >= 4 is 17.4 Å². The standard InChI is InChI=1S/C10H7ClF2O/c11-7-4-9(13)8(12)3-6(7)5-1-2-10(5)14/h3-5H,1-2H2. The van der Waals surface area contributed by atoms with Gasteiger partial charge in [-0.2, -0.15) is 0 Å². The van der Waals surface area contributed by atoms with Crippen molar-refractivity contribution in [3.8, 4) is 0 Å². The van der Waals surface area contributed by atoms with Gasteiger partial charge >= 0.3 is 0 Å². The third-order valence-electron chi connectivity index (χ3n) is 2.48. The average molecular weight is 217 g/mol. The molecule has 1 aliphatic carbocycles. The van der Waals surface area contributed by atoms with Crippen LogP contribution in [0.25, 0.3) is 0 Å². The number of carbonyl (C=O) groups is 1. The third-order valence-corrected chi connectivity index (χ3v) is 2.81. The fraction of sp³-hybridized carbons (Fsp3) is 0.300. The van der Waals surface area contributed by atoms with Crippen molar-refractivity contribution in [2.24, 2.45) is 0 Å². The topological polar surface area (TPSA) is 17.1 Å². The van der Waals surface area contributed by atoms with E-state index in [0.29, 0.717) is 18.4 Å². The van der Waals surface area contributed by atoms with Crippen molar-refractivity contribution in [1.82, 2.24) is 0 Å². The molecule has 0 heterocycles. The van der Waals surface area contributed by atoms with Crippen molar-refractivity contribution in [3.05, 3.63) is 34.4 Å². The van der Waals surface area contributed by atoms with Gasteiger partial charge in [0.15, 0.2) is 11.6 Å². The minimum atomic E-state index is -0.981. The van der Waals surface area contributed by atoms with Gasteiger partial charge in [-0.3, -0.25) is 4.79 Å². The number of carbonyl (C=O) groups excluding carboxylic acids is 1. The highest BCUT2D eigenvalue weighted by Crippen LogP contribution is 2.37. The summed E-state index contributed by atoms with van der Waals surface area (Å²) in [6.45, 7) is 0. The van der Waals surface area contributed by atoms with Gasteiger partial charge in [-0.1, -0.05) is 11.6 Å². The first-order valence-corrected chi connectivity index (χ1v) is 4.64. The molecule has 14 heavy (non-hydrogen) atoms. The van der Waals surface area contributed by atoms with E-state index in [1.807, 2.05) is 0 Å². The lowest BCUT2D eigenvalue weighted by Crippen LogP contribution is -2.23. The molecule has 0 spiro atoms. The van der Waals surface area contributed by atoms with Crippen LogP contribution >= 0.6 is 11.6 Å². The summed E-state index contributed by atoms with van der Waals surface area (Å²) in [7, 11) is 0. The predicted octanol–water partition coefficient (Wildman–Crippen LogP) is 3.06. The number of rotatable bonds is 1. The summed E-state index contributed by atoms with van der Waals surface area (Å²) in [5, 5.41) is 0.127. The quantitative estimate of drug-likeness (QED) is 0.660. The van der Waals surface area contributed by atoms with E-state index in [9.17, 15) is 13.6 Å². The smallest absolute Gasteiger partial charge is 0.160 e. The van der Waals surface area contributed by atoms with Crippen LogP contribution in [0.3, 0.4) is 0 Å². The Hall–Kier alpha value is -0.960. The zero-order valence-electron chi connectivity index (χ0n) is 7.19. The van der Waals surface area contributed by atoms with E-state index < -0.39 is 11.6 Å². The molecule has 0 aromatic heterocycles. The van der Waals surface area contributed by atoms with Crippen LogP contribution in [0.2, 0.25) is 5.02 Å². The Balaban J connectivity index is 2.43. The predicted molar refractivity (Wildman–Crippen MR) is 48.4 cm³/mol. The van der Waals surface area contributed by atoms with Crippen molar-refractivity contribution in [2.75, 3.05) is 0 Å². The number of ketones is 1. The van der Waals surface area contributed by atoms with E-state index in [-0.39, 0.29) is 16.7 Å². The first kappa shape index (κ1) is 9.59. The van der Waals surface area contributed by atoms with E-state index in [1.54, 1.807) is 0 Å². The van der Waals surface area contributed by atoms with Crippen LogP contribution in [-0.2, 0) is 4.79 Å². The molecule has 0 radical (unpaired) electrons. The zero-order valence-corrected chi connectivity index (χ0v) is 7.94. The van der Waals surface area contributed by atoms with Crippen LogP contribution in [0, 0.1) is 11.6 Å². The molecule has 0 aliphatic heterocycles. The van der Waals surface area contributed by atoms with Gasteiger partial charge in [0.2, 0.25) is 0 Å². The maximum Gasteiger partial charge on any atom is 0.160 e. The van der Waals surface area contributed by atoms with Crippen LogP contribution in [0.5, 0.6) is 0 Å². The summed E-state index contributed by atoms with van der Waals surface area (Å²) >= 11 is 5.72. The summed E-state index contributed by atoms with van der Waals surface area (Å²) < 4.78 is 25.6. The van der Waals surface area contributed by atoms with Crippen molar-refractivity contribution in [3.63, 3.8) is 0 Å². The highest BCUT2D eigenvalue weighted by Gasteiger charge is 2.31. The van der Waals surface area contributed by atoms with Gasteiger partial charge in [0.1, 0.15) is 5.78 Å². The van der Waals surface area contributed by atoms with Gasteiger partial charge in [0, 0.05) is 17.4 Å². The van der Waals surface area contributed by atoms with Gasteiger partial charge in [0.05, 0.1) is 0 Å². The maximum absolute atomic E-state index is 12.9. The Morgan fingerprint density at radius 3 is 2.43 bits per heavy atom. The maximum atomic E-state index is 12.9. The van der Waals surface area contributed by atoms with Crippen LogP contribution in [0.15, 0.2) is 12.1 Å². The Bertz CT molecular complexity index is 403. The first-order chi connectivity index (χ1) is 6.59. The van der Waals surface area contributed by atoms with E-state index in [4.69, 9.17) is 11.6 Å². The highest BCUT2D eigenvalue weighted by atomic mass is 35.5. The minimum Gasteiger partial charge on any atom is -0.299 e. The van der Waals surface area contributed by atoms with Gasteiger partial charge in [-0.25, -0.2) is 8.78 Å². The Kier molecular flexibility index (Phi) is 2.27. The molecular weight excluding hydrogens is 210 g/mol. The Labute approximate surface area is 84.7 Å². The van der Waals surface area contributed by atoms with E-state index in [0.717, 1.165) is 12.1 Å². The molecule has 74 valence electrons. The SMILES string of the molecule is O=C1CCC1c1cc(F)c(F)cc1Cl. The normalized spacial score (nSPS) is 20.8. The van der Waals surface area contributed by atoms with E-state index in [2.05, 4.69) is 0 Å². The third kappa shape index (κ3) is 1.42. The number of hydrogen-bond acceptors (Lipinski definition) is 1. The second-order valence-corrected chi connectivity index (χ2v) is 3.75. The number of halogens is 3. The molecule has 1 fully saturated rings. The Morgan fingerprint density at radius 2 is 1.93 bits per heavy atom. The van der Waals surface area contributed by atoms with Crippen LogP contribution in [0.1, 0.15) is 24.3 Å². The molecule has 1 nitrogen and oxygen atoms in total. The zero-order chi connectivity index (χ0) is 10.3. The second kappa shape index (κ2) is 3.31. The lowest BCUT2D eigenvalue weighted by Gasteiger charge is -2.25. The van der Waals surface area contributed by atoms with Crippen molar-refractivity contribution in [1.29, 1.82) is 0 Å². The van der Waals surface area contributed by atoms with Gasteiger partial charge in [0.25, 0.3) is 0 Å². The second-order valence-electron chi connectivity index (χ2n) is 3.35. The van der Waals surface area contributed by atoms with Crippen molar-refractivity contribution in [2.45, 2.75) is 18.8 Å². The molecule has 0 bridgehead atoms. The van der Waals surface area contributed by atoms with Crippen LogP contribution in [-0.4, -0.2) is 5.78 Å². The van der Waals surface area contributed by atoms with Crippen LogP contribution < -0.4 is 0 Å². The fourth-order valence-corrected chi connectivity index (χ4v) is 1.82. The molecule has 1 atom stereocenters. The molecule has 0 saturated heterocycles. The summed E-state index contributed by atoms with van der Waals surface area (Å²) in [6, 6.07) is 1.93. The molecule has 1 aromatic rings. The van der Waals surface area contributed by atoms with Gasteiger partial charge in [-0.15, -0.1) is 0 Å². The number of Topliss-reactive ketones (excluding diaryl/α,β-unsaturated/α-hetero) is 1. The number of hydrogen-bond donors (Lipinski definition) is 0. The molecule has 4 heteroatoms. The molecular formula is C10H7ClF2O. The number of benzene rings is 1. The molecule has 2 rings (SSSR count). The lowest BCUT2D eigenvalue weighted by atomic mass is 9.78. The highest BCUT2D eigenvalue weighted by molar-refractivity contribution is 6.31. The Morgan fingerprint density at radius 1 is 1.29 bits per heavy atom. The molecule has 1 saturated carbocycles. The van der Waals surface area contributed by atoms with E-state index >= 15 is 0 Å².